The summed E-state index contributed by atoms with van der Waals surface area (Å²) in [6.07, 6.45) is 0.560. The molecule has 0 spiro atoms. The number of rotatable bonds is 6. The Morgan fingerprint density at radius 2 is 1.92 bits per heavy atom. The fourth-order valence-corrected chi connectivity index (χ4v) is 2.62. The van der Waals surface area contributed by atoms with Crippen LogP contribution in [0.4, 0.5) is 11.5 Å². The number of aliphatic hydroxyl groups is 1. The van der Waals surface area contributed by atoms with Gasteiger partial charge in [0.25, 0.3) is 5.69 Å². The molecule has 2 aromatic carbocycles. The number of hydrogen-bond donors (Lipinski definition) is 2. The number of non-ortho nitro benzene ring substituents is 1. The van der Waals surface area contributed by atoms with Gasteiger partial charge in [-0.25, -0.2) is 4.98 Å². The molecular formula is C18H17N3O3. The maximum absolute atomic E-state index is 10.8. The molecule has 24 heavy (non-hydrogen) atoms. The molecule has 3 rings (SSSR count). The molecular weight excluding hydrogens is 306 g/mol. The van der Waals surface area contributed by atoms with Crippen LogP contribution in [-0.2, 0) is 0 Å². The zero-order valence-electron chi connectivity index (χ0n) is 12.9. The number of fused-ring (bicyclic) bond motifs is 1. The van der Waals surface area contributed by atoms with Crippen LogP contribution in [0.1, 0.15) is 18.0 Å². The Hall–Kier alpha value is -2.99. The van der Waals surface area contributed by atoms with E-state index in [0.717, 1.165) is 5.56 Å². The van der Waals surface area contributed by atoms with E-state index in [9.17, 15) is 15.2 Å². The second-order valence-corrected chi connectivity index (χ2v) is 5.45. The maximum atomic E-state index is 10.8. The van der Waals surface area contributed by atoms with Crippen LogP contribution in [0.3, 0.4) is 0 Å². The van der Waals surface area contributed by atoms with Crippen molar-refractivity contribution >= 4 is 22.4 Å². The summed E-state index contributed by atoms with van der Waals surface area (Å²) in [5, 5.41) is 24.2. The minimum absolute atomic E-state index is 0.0486. The topological polar surface area (TPSA) is 88.3 Å². The molecule has 0 fully saturated rings. The van der Waals surface area contributed by atoms with E-state index in [0.29, 0.717) is 23.1 Å². The van der Waals surface area contributed by atoms with Crippen LogP contribution in [0.2, 0.25) is 0 Å². The lowest BCUT2D eigenvalue weighted by atomic mass is 10.0. The Bertz CT molecular complexity index is 853. The van der Waals surface area contributed by atoms with E-state index < -0.39 is 4.92 Å². The number of anilines is 1. The number of benzene rings is 2. The number of aliphatic hydroxyl groups excluding tert-OH is 1. The summed E-state index contributed by atoms with van der Waals surface area (Å²) < 4.78 is 0. The number of nitro benzene ring substituents is 1. The summed E-state index contributed by atoms with van der Waals surface area (Å²) in [6, 6.07) is 18.0. The van der Waals surface area contributed by atoms with Crippen LogP contribution in [0.5, 0.6) is 0 Å². The smallest absolute Gasteiger partial charge is 0.270 e. The minimum Gasteiger partial charge on any atom is -0.396 e. The van der Waals surface area contributed by atoms with E-state index in [1.165, 1.54) is 12.1 Å². The largest absolute Gasteiger partial charge is 0.396 e. The van der Waals surface area contributed by atoms with Crippen molar-refractivity contribution < 1.29 is 10.0 Å². The molecule has 3 aromatic rings. The molecule has 1 unspecified atom stereocenters. The van der Waals surface area contributed by atoms with Crippen LogP contribution in [0.15, 0.2) is 60.7 Å². The van der Waals surface area contributed by atoms with E-state index in [1.54, 1.807) is 18.2 Å². The summed E-state index contributed by atoms with van der Waals surface area (Å²) in [7, 11) is 0. The lowest BCUT2D eigenvalue weighted by Gasteiger charge is -2.19. The van der Waals surface area contributed by atoms with E-state index in [2.05, 4.69) is 10.3 Å². The molecule has 0 saturated heterocycles. The molecule has 1 atom stereocenters. The third kappa shape index (κ3) is 3.49. The van der Waals surface area contributed by atoms with Gasteiger partial charge in [-0.2, -0.15) is 0 Å². The molecule has 1 aromatic heterocycles. The highest BCUT2D eigenvalue weighted by atomic mass is 16.6. The first kappa shape index (κ1) is 15.9. The van der Waals surface area contributed by atoms with E-state index in [-0.39, 0.29) is 18.3 Å². The van der Waals surface area contributed by atoms with Gasteiger partial charge in [0.2, 0.25) is 0 Å². The lowest BCUT2D eigenvalue weighted by Crippen LogP contribution is -2.13. The van der Waals surface area contributed by atoms with Crippen molar-refractivity contribution in [2.45, 2.75) is 12.5 Å². The summed E-state index contributed by atoms with van der Waals surface area (Å²) in [4.78, 5) is 14.9. The summed E-state index contributed by atoms with van der Waals surface area (Å²) in [5.74, 6) is 0.665. The van der Waals surface area contributed by atoms with Crippen LogP contribution < -0.4 is 5.32 Å². The van der Waals surface area contributed by atoms with Gasteiger partial charge >= 0.3 is 0 Å². The van der Waals surface area contributed by atoms with Crippen LogP contribution in [-0.4, -0.2) is 21.6 Å². The number of hydrogen-bond acceptors (Lipinski definition) is 5. The number of pyridine rings is 1. The van der Waals surface area contributed by atoms with Gasteiger partial charge in [0.05, 0.1) is 16.5 Å². The molecule has 0 amide bonds. The lowest BCUT2D eigenvalue weighted by molar-refractivity contribution is -0.384. The zero-order valence-corrected chi connectivity index (χ0v) is 12.9. The van der Waals surface area contributed by atoms with Crippen molar-refractivity contribution in [1.29, 1.82) is 0 Å². The van der Waals surface area contributed by atoms with Gasteiger partial charge in [-0.3, -0.25) is 10.1 Å². The fraction of sp³-hybridized carbons (Fsp3) is 0.167. The van der Waals surface area contributed by atoms with Crippen LogP contribution >= 0.6 is 0 Å². The van der Waals surface area contributed by atoms with Crippen molar-refractivity contribution in [2.75, 3.05) is 11.9 Å². The first-order valence-electron chi connectivity index (χ1n) is 7.65. The number of nitrogens with zero attached hydrogens (tertiary/aromatic N) is 2. The van der Waals surface area contributed by atoms with E-state index in [4.69, 9.17) is 0 Å². The summed E-state index contributed by atoms with van der Waals surface area (Å²) in [6.45, 7) is 0.0618. The van der Waals surface area contributed by atoms with Gasteiger partial charge in [0.1, 0.15) is 5.82 Å². The normalized spacial score (nSPS) is 12.0. The van der Waals surface area contributed by atoms with Crippen molar-refractivity contribution in [3.63, 3.8) is 0 Å². The van der Waals surface area contributed by atoms with Gasteiger partial charge < -0.3 is 10.4 Å². The first-order valence-corrected chi connectivity index (χ1v) is 7.65. The Morgan fingerprint density at radius 3 is 2.62 bits per heavy atom. The molecule has 0 aliphatic carbocycles. The third-order valence-electron chi connectivity index (χ3n) is 3.83. The molecule has 0 aliphatic rings. The first-order chi connectivity index (χ1) is 11.7. The maximum Gasteiger partial charge on any atom is 0.270 e. The van der Waals surface area contributed by atoms with Crippen molar-refractivity contribution in [1.82, 2.24) is 4.98 Å². The summed E-state index contributed by atoms with van der Waals surface area (Å²) in [5.41, 5.74) is 1.80. The molecule has 0 saturated carbocycles. The molecule has 0 bridgehead atoms. The molecule has 1 heterocycles. The predicted octanol–water partition coefficient (Wildman–Crippen LogP) is 3.68. The average Bonchev–Trinajstić information content (AvgIpc) is 2.61. The highest BCUT2D eigenvalue weighted by Crippen LogP contribution is 2.25. The molecule has 2 N–H and O–H groups in total. The second kappa shape index (κ2) is 7.06. The Morgan fingerprint density at radius 1 is 1.12 bits per heavy atom. The number of nitrogens with one attached hydrogen (secondary N) is 1. The quantitative estimate of drug-likeness (QED) is 0.533. The van der Waals surface area contributed by atoms with Gasteiger partial charge in [0, 0.05) is 24.1 Å². The monoisotopic (exact) mass is 323 g/mol. The second-order valence-electron chi connectivity index (χ2n) is 5.45. The molecule has 0 aliphatic heterocycles. The Kier molecular flexibility index (Phi) is 4.67. The van der Waals surface area contributed by atoms with Crippen molar-refractivity contribution in [2.24, 2.45) is 0 Å². The molecule has 122 valence electrons. The average molecular weight is 323 g/mol. The summed E-state index contributed by atoms with van der Waals surface area (Å²) >= 11 is 0. The highest BCUT2D eigenvalue weighted by molar-refractivity contribution is 5.82. The van der Waals surface area contributed by atoms with Crippen LogP contribution in [0.25, 0.3) is 10.9 Å². The predicted molar refractivity (Wildman–Crippen MR) is 92.9 cm³/mol. The fourth-order valence-electron chi connectivity index (χ4n) is 2.62. The standard InChI is InChI=1S/C18H17N3O3/c22-11-10-17(13-4-2-1-3-5-13)20-18-9-6-14-12-15(21(23)24)7-8-16(14)19-18/h1-9,12,17,22H,10-11H2,(H,19,20). The molecule has 6 heteroatoms. The van der Waals surface area contributed by atoms with Gasteiger partial charge in [-0.15, -0.1) is 0 Å². The minimum atomic E-state index is -0.418. The molecule has 0 radical (unpaired) electrons. The van der Waals surface area contributed by atoms with Gasteiger partial charge in [0.15, 0.2) is 0 Å². The van der Waals surface area contributed by atoms with Crippen molar-refractivity contribution in [3.05, 3.63) is 76.3 Å². The highest BCUT2D eigenvalue weighted by Gasteiger charge is 2.12. The Labute approximate surface area is 138 Å². The number of nitro groups is 1. The van der Waals surface area contributed by atoms with E-state index in [1.807, 2.05) is 30.3 Å². The van der Waals surface area contributed by atoms with E-state index >= 15 is 0 Å². The SMILES string of the molecule is O=[N+]([O-])c1ccc2nc(NC(CCO)c3ccccc3)ccc2c1. The van der Waals surface area contributed by atoms with Gasteiger partial charge in [-0.1, -0.05) is 30.3 Å². The zero-order chi connectivity index (χ0) is 16.9. The van der Waals surface area contributed by atoms with Crippen LogP contribution in [0, 0.1) is 10.1 Å². The molecule has 6 nitrogen and oxygen atoms in total. The van der Waals surface area contributed by atoms with Crippen molar-refractivity contribution in [3.8, 4) is 0 Å². The number of aromatic nitrogens is 1. The third-order valence-corrected chi connectivity index (χ3v) is 3.83. The Balaban J connectivity index is 1.88. The van der Waals surface area contributed by atoms with Gasteiger partial charge in [-0.05, 0) is 30.2 Å².